The molecule has 110 valence electrons. The number of benzene rings is 1. The molecule has 1 aliphatic heterocycles. The van der Waals surface area contributed by atoms with Crippen molar-refractivity contribution >= 4 is 17.3 Å². The summed E-state index contributed by atoms with van der Waals surface area (Å²) in [4.78, 5) is 14.1. The van der Waals surface area contributed by atoms with Gasteiger partial charge in [-0.1, -0.05) is 6.07 Å². The fourth-order valence-electron chi connectivity index (χ4n) is 2.67. The minimum absolute atomic E-state index is 0.213. The Bertz CT molecular complexity index is 488. The number of hydrogen-bond donors (Lipinski definition) is 2. The summed E-state index contributed by atoms with van der Waals surface area (Å²) in [7, 11) is 0. The zero-order valence-electron chi connectivity index (χ0n) is 12.0. The topological polar surface area (TPSA) is 75.8 Å². The van der Waals surface area contributed by atoms with Crippen LogP contribution in [0.4, 0.5) is 11.4 Å². The van der Waals surface area contributed by atoms with Crippen LogP contribution in [0, 0.1) is 5.92 Å². The molecule has 1 aromatic carbocycles. The number of carbonyl (C=O) groups is 1. The second kappa shape index (κ2) is 6.13. The second-order valence-electron chi connectivity index (χ2n) is 5.20. The van der Waals surface area contributed by atoms with Crippen molar-refractivity contribution in [3.63, 3.8) is 0 Å². The lowest BCUT2D eigenvalue weighted by atomic mass is 10.0. The van der Waals surface area contributed by atoms with E-state index in [1.165, 1.54) is 0 Å². The first-order valence-electron chi connectivity index (χ1n) is 7.03. The van der Waals surface area contributed by atoms with Gasteiger partial charge in [-0.05, 0) is 32.4 Å². The van der Waals surface area contributed by atoms with E-state index in [0.29, 0.717) is 24.4 Å². The van der Waals surface area contributed by atoms with Crippen molar-refractivity contribution in [2.24, 2.45) is 5.92 Å². The lowest BCUT2D eigenvalue weighted by Crippen LogP contribution is -2.26. The zero-order valence-corrected chi connectivity index (χ0v) is 12.0. The molecule has 2 unspecified atom stereocenters. The van der Waals surface area contributed by atoms with Gasteiger partial charge in [-0.3, -0.25) is 0 Å². The number of aliphatic hydroxyl groups excluding tert-OH is 1. The largest absolute Gasteiger partial charge is 0.462 e. The Kier molecular flexibility index (Phi) is 4.49. The molecule has 1 fully saturated rings. The predicted molar refractivity (Wildman–Crippen MR) is 78.8 cm³/mol. The van der Waals surface area contributed by atoms with Crippen LogP contribution in [0.1, 0.15) is 30.6 Å². The molecule has 0 spiro atoms. The fourth-order valence-corrected chi connectivity index (χ4v) is 2.67. The number of para-hydroxylation sites is 1. The zero-order chi connectivity index (χ0) is 14.7. The SMILES string of the molecule is CCOC(=O)c1cccc(N)c1N1CCC(C(C)O)C1. The molecule has 5 heteroatoms. The van der Waals surface area contributed by atoms with E-state index >= 15 is 0 Å². The first-order valence-corrected chi connectivity index (χ1v) is 7.03. The summed E-state index contributed by atoms with van der Waals surface area (Å²) in [6.45, 7) is 5.41. The van der Waals surface area contributed by atoms with E-state index in [4.69, 9.17) is 10.5 Å². The highest BCUT2D eigenvalue weighted by Gasteiger charge is 2.29. The van der Waals surface area contributed by atoms with Crippen LogP contribution in [-0.2, 0) is 4.74 Å². The number of hydrogen-bond acceptors (Lipinski definition) is 5. The Morgan fingerprint density at radius 3 is 2.95 bits per heavy atom. The maximum Gasteiger partial charge on any atom is 0.340 e. The normalized spacial score (nSPS) is 19.9. The molecule has 1 heterocycles. The van der Waals surface area contributed by atoms with Gasteiger partial charge in [0.2, 0.25) is 0 Å². The molecule has 0 radical (unpaired) electrons. The Morgan fingerprint density at radius 1 is 1.60 bits per heavy atom. The number of nitrogens with two attached hydrogens (primary N) is 1. The lowest BCUT2D eigenvalue weighted by Gasteiger charge is -2.23. The van der Waals surface area contributed by atoms with Gasteiger partial charge in [0, 0.05) is 19.0 Å². The van der Waals surface area contributed by atoms with Crippen LogP contribution in [-0.4, -0.2) is 36.9 Å². The van der Waals surface area contributed by atoms with Crippen molar-refractivity contribution in [1.29, 1.82) is 0 Å². The molecule has 0 amide bonds. The number of rotatable bonds is 4. The molecule has 0 saturated carbocycles. The van der Waals surface area contributed by atoms with E-state index in [-0.39, 0.29) is 18.0 Å². The molecule has 1 aromatic rings. The molecule has 2 rings (SSSR count). The Labute approximate surface area is 119 Å². The highest BCUT2D eigenvalue weighted by atomic mass is 16.5. The summed E-state index contributed by atoms with van der Waals surface area (Å²) in [5.41, 5.74) is 7.84. The minimum Gasteiger partial charge on any atom is -0.462 e. The molecule has 2 atom stereocenters. The van der Waals surface area contributed by atoms with Crippen LogP contribution >= 0.6 is 0 Å². The number of aliphatic hydroxyl groups is 1. The first-order chi connectivity index (χ1) is 9.54. The lowest BCUT2D eigenvalue weighted by molar-refractivity contribution is 0.0527. The molecule has 1 saturated heterocycles. The molecular formula is C15H22N2O3. The van der Waals surface area contributed by atoms with Gasteiger partial charge < -0.3 is 20.5 Å². The highest BCUT2D eigenvalue weighted by molar-refractivity contribution is 5.99. The summed E-state index contributed by atoms with van der Waals surface area (Å²) in [5.74, 6) is -0.139. The number of nitrogen functional groups attached to an aromatic ring is 1. The van der Waals surface area contributed by atoms with Gasteiger partial charge in [-0.2, -0.15) is 0 Å². The maximum absolute atomic E-state index is 12.0. The van der Waals surface area contributed by atoms with Crippen LogP contribution in [0.15, 0.2) is 18.2 Å². The van der Waals surface area contributed by atoms with Crippen LogP contribution < -0.4 is 10.6 Å². The van der Waals surface area contributed by atoms with E-state index in [1.54, 1.807) is 32.0 Å². The van der Waals surface area contributed by atoms with E-state index in [2.05, 4.69) is 4.90 Å². The van der Waals surface area contributed by atoms with Crippen molar-refractivity contribution in [2.75, 3.05) is 30.3 Å². The molecular weight excluding hydrogens is 256 g/mol. The average molecular weight is 278 g/mol. The summed E-state index contributed by atoms with van der Waals surface area (Å²) in [6, 6.07) is 5.28. The fraction of sp³-hybridized carbons (Fsp3) is 0.533. The Hall–Kier alpha value is -1.75. The van der Waals surface area contributed by atoms with Crippen molar-refractivity contribution < 1.29 is 14.6 Å². The van der Waals surface area contributed by atoms with Crippen LogP contribution in [0.25, 0.3) is 0 Å². The number of carbonyl (C=O) groups excluding carboxylic acids is 1. The predicted octanol–water partition coefficient (Wildman–Crippen LogP) is 1.65. The standard InChI is InChI=1S/C15H22N2O3/c1-3-20-15(19)12-5-4-6-13(16)14(12)17-8-7-11(9-17)10(2)18/h4-6,10-11,18H,3,7-9,16H2,1-2H3. The van der Waals surface area contributed by atoms with Crippen LogP contribution in [0.5, 0.6) is 0 Å². The summed E-state index contributed by atoms with van der Waals surface area (Å²) >= 11 is 0. The summed E-state index contributed by atoms with van der Waals surface area (Å²) in [5, 5.41) is 9.70. The van der Waals surface area contributed by atoms with Gasteiger partial charge in [0.25, 0.3) is 0 Å². The molecule has 3 N–H and O–H groups in total. The quantitative estimate of drug-likeness (QED) is 0.647. The smallest absolute Gasteiger partial charge is 0.340 e. The van der Waals surface area contributed by atoms with Gasteiger partial charge in [0.15, 0.2) is 0 Å². The van der Waals surface area contributed by atoms with Crippen molar-refractivity contribution in [2.45, 2.75) is 26.4 Å². The Balaban J connectivity index is 2.29. The van der Waals surface area contributed by atoms with E-state index in [9.17, 15) is 9.90 Å². The minimum atomic E-state index is -0.352. The Morgan fingerprint density at radius 2 is 2.35 bits per heavy atom. The van der Waals surface area contributed by atoms with Gasteiger partial charge in [0.05, 0.1) is 29.6 Å². The number of anilines is 2. The molecule has 0 aromatic heterocycles. The van der Waals surface area contributed by atoms with E-state index in [0.717, 1.165) is 18.7 Å². The van der Waals surface area contributed by atoms with Gasteiger partial charge in [-0.25, -0.2) is 4.79 Å². The number of nitrogens with zero attached hydrogens (tertiary/aromatic N) is 1. The van der Waals surface area contributed by atoms with Crippen LogP contribution in [0.2, 0.25) is 0 Å². The monoisotopic (exact) mass is 278 g/mol. The molecule has 0 aliphatic carbocycles. The van der Waals surface area contributed by atoms with Crippen molar-refractivity contribution in [3.05, 3.63) is 23.8 Å². The van der Waals surface area contributed by atoms with E-state index < -0.39 is 0 Å². The van der Waals surface area contributed by atoms with Crippen molar-refractivity contribution in [3.8, 4) is 0 Å². The number of ether oxygens (including phenoxy) is 1. The summed E-state index contributed by atoms with van der Waals surface area (Å²) in [6.07, 6.45) is 0.546. The third kappa shape index (κ3) is 2.88. The van der Waals surface area contributed by atoms with Gasteiger partial charge >= 0.3 is 5.97 Å². The second-order valence-corrected chi connectivity index (χ2v) is 5.20. The average Bonchev–Trinajstić information content (AvgIpc) is 2.88. The third-order valence-electron chi connectivity index (χ3n) is 3.79. The van der Waals surface area contributed by atoms with Gasteiger partial charge in [-0.15, -0.1) is 0 Å². The third-order valence-corrected chi connectivity index (χ3v) is 3.79. The van der Waals surface area contributed by atoms with Crippen LogP contribution in [0.3, 0.4) is 0 Å². The number of esters is 1. The van der Waals surface area contributed by atoms with Crippen molar-refractivity contribution in [1.82, 2.24) is 0 Å². The molecule has 20 heavy (non-hydrogen) atoms. The highest BCUT2D eigenvalue weighted by Crippen LogP contribution is 2.33. The maximum atomic E-state index is 12.0. The summed E-state index contributed by atoms with van der Waals surface area (Å²) < 4.78 is 5.09. The van der Waals surface area contributed by atoms with Gasteiger partial charge in [0.1, 0.15) is 0 Å². The first kappa shape index (κ1) is 14.7. The molecule has 5 nitrogen and oxygen atoms in total. The molecule has 0 bridgehead atoms. The van der Waals surface area contributed by atoms with E-state index in [1.807, 2.05) is 0 Å². The molecule has 1 aliphatic rings.